The van der Waals surface area contributed by atoms with Crippen LogP contribution < -0.4 is 15.1 Å². The zero-order valence-electron chi connectivity index (χ0n) is 23.5. The highest BCUT2D eigenvalue weighted by Crippen LogP contribution is 2.43. The summed E-state index contributed by atoms with van der Waals surface area (Å²) in [4.78, 5) is 21.2. The number of anilines is 1. The molecule has 0 spiro atoms. The van der Waals surface area contributed by atoms with Crippen LogP contribution in [0.2, 0.25) is 0 Å². The largest absolute Gasteiger partial charge is 0.497 e. The number of likely N-dealkylation sites (tertiary alicyclic amines) is 1. The van der Waals surface area contributed by atoms with Crippen LogP contribution in [0.4, 0.5) is 23.2 Å². The van der Waals surface area contributed by atoms with Gasteiger partial charge in [-0.1, -0.05) is 0 Å². The molecule has 1 aromatic heterocycles. The Morgan fingerprint density at radius 1 is 1.20 bits per heavy atom. The van der Waals surface area contributed by atoms with Crippen LogP contribution in [0.15, 0.2) is 36.5 Å². The van der Waals surface area contributed by atoms with E-state index in [-0.39, 0.29) is 24.8 Å². The van der Waals surface area contributed by atoms with Gasteiger partial charge in [0.2, 0.25) is 5.91 Å². The summed E-state index contributed by atoms with van der Waals surface area (Å²) >= 11 is 0. The summed E-state index contributed by atoms with van der Waals surface area (Å²) in [5.41, 5.74) is 2.53. The van der Waals surface area contributed by atoms with Crippen LogP contribution in [0.5, 0.6) is 5.75 Å². The van der Waals surface area contributed by atoms with Gasteiger partial charge in [0.05, 0.1) is 29.9 Å². The van der Waals surface area contributed by atoms with Crippen molar-refractivity contribution < 1.29 is 32.3 Å². The maximum absolute atomic E-state index is 16.1. The summed E-state index contributed by atoms with van der Waals surface area (Å²) in [6.45, 7) is 1.54. The van der Waals surface area contributed by atoms with Crippen molar-refractivity contribution in [1.29, 1.82) is 0 Å². The minimum atomic E-state index is -1.41. The number of carbonyl (C=O) groups is 1. The molecule has 1 aliphatic rings. The van der Waals surface area contributed by atoms with Crippen LogP contribution in [0.3, 0.4) is 0 Å². The molecule has 222 valence electrons. The number of piperidine rings is 1. The summed E-state index contributed by atoms with van der Waals surface area (Å²) < 4.78 is 62.4. The number of nitrogens with one attached hydrogen (secondary N) is 1. The van der Waals surface area contributed by atoms with E-state index in [0.29, 0.717) is 72.9 Å². The Morgan fingerprint density at radius 3 is 2.59 bits per heavy atom. The van der Waals surface area contributed by atoms with Crippen LogP contribution in [0.1, 0.15) is 49.4 Å². The molecule has 4 rings (SSSR count). The number of pyridine rings is 1. The van der Waals surface area contributed by atoms with E-state index in [4.69, 9.17) is 4.74 Å². The van der Waals surface area contributed by atoms with E-state index in [1.807, 2.05) is 14.1 Å². The molecule has 0 radical (unpaired) electrons. The van der Waals surface area contributed by atoms with Crippen molar-refractivity contribution in [2.75, 3.05) is 45.7 Å². The van der Waals surface area contributed by atoms with E-state index in [1.54, 1.807) is 41.9 Å². The monoisotopic (exact) mass is 576 g/mol. The van der Waals surface area contributed by atoms with E-state index in [1.165, 1.54) is 0 Å². The summed E-state index contributed by atoms with van der Waals surface area (Å²) in [6, 6.07) is 6.83. The average Bonchev–Trinajstić information content (AvgIpc) is 2.97. The fraction of sp³-hybridized carbons (Fsp3) is 0.467. The van der Waals surface area contributed by atoms with E-state index in [0.717, 1.165) is 6.07 Å². The van der Waals surface area contributed by atoms with Crippen molar-refractivity contribution in [3.8, 4) is 5.75 Å². The summed E-state index contributed by atoms with van der Waals surface area (Å²) in [7, 11) is 5.17. The second kappa shape index (κ2) is 13.0. The second-order valence-electron chi connectivity index (χ2n) is 10.9. The Hall–Kier alpha value is -3.44. The molecule has 7 nitrogen and oxygen atoms in total. The number of halogens is 4. The molecule has 0 bridgehead atoms. The van der Waals surface area contributed by atoms with Gasteiger partial charge in [-0.25, -0.2) is 23.0 Å². The van der Waals surface area contributed by atoms with E-state index < -0.39 is 34.9 Å². The number of hydrogen-bond acceptors (Lipinski definition) is 6. The third-order valence-corrected chi connectivity index (χ3v) is 8.15. The molecule has 41 heavy (non-hydrogen) atoms. The standard InChI is InChI=1S/C30H36F4N4O3/c1-37(2)26-18-35-25-7-6-21(41-3)17-22(25)27(26)23(32)8-9-30(29(39)36-40)10-13-38(14-11-30)12-4-5-19-15-20(31)16-24(33)28(19)34/h6-7,15-18,23,40H,4-5,8-14H2,1-3H3,(H,36,39)/t23-/m1/s1. The van der Waals surface area contributed by atoms with Crippen LogP contribution in [0, 0.1) is 22.9 Å². The molecule has 1 fully saturated rings. The summed E-state index contributed by atoms with van der Waals surface area (Å²) in [6.07, 6.45) is 1.90. The molecule has 3 aromatic rings. The maximum Gasteiger partial charge on any atom is 0.249 e. The molecular weight excluding hydrogens is 540 g/mol. The van der Waals surface area contributed by atoms with Gasteiger partial charge in [0.25, 0.3) is 0 Å². The van der Waals surface area contributed by atoms with Gasteiger partial charge in [-0.15, -0.1) is 0 Å². The lowest BCUT2D eigenvalue weighted by Gasteiger charge is -2.40. The summed E-state index contributed by atoms with van der Waals surface area (Å²) in [5.74, 6) is -3.03. The molecule has 2 N–H and O–H groups in total. The smallest absolute Gasteiger partial charge is 0.249 e. The number of carbonyl (C=O) groups excluding carboxylic acids is 1. The molecule has 0 saturated carbocycles. The number of hydrogen-bond donors (Lipinski definition) is 2. The number of ether oxygens (including phenoxy) is 1. The zero-order chi connectivity index (χ0) is 29.7. The minimum absolute atomic E-state index is 0.0131. The first-order valence-electron chi connectivity index (χ1n) is 13.7. The van der Waals surface area contributed by atoms with Crippen molar-refractivity contribution in [3.63, 3.8) is 0 Å². The molecule has 1 aliphatic heterocycles. The predicted octanol–water partition coefficient (Wildman–Crippen LogP) is 5.74. The predicted molar refractivity (Wildman–Crippen MR) is 148 cm³/mol. The van der Waals surface area contributed by atoms with Crippen molar-refractivity contribution in [3.05, 3.63) is 65.1 Å². The molecule has 1 atom stereocenters. The zero-order valence-corrected chi connectivity index (χ0v) is 23.5. The summed E-state index contributed by atoms with van der Waals surface area (Å²) in [5, 5.41) is 10.2. The first-order valence-corrected chi connectivity index (χ1v) is 13.7. The highest BCUT2D eigenvalue weighted by atomic mass is 19.2. The molecule has 1 saturated heterocycles. The van der Waals surface area contributed by atoms with Gasteiger partial charge in [0.15, 0.2) is 11.6 Å². The van der Waals surface area contributed by atoms with Gasteiger partial charge in [0, 0.05) is 31.1 Å². The Bertz CT molecular complexity index is 1380. The van der Waals surface area contributed by atoms with E-state index in [2.05, 4.69) is 9.88 Å². The van der Waals surface area contributed by atoms with Gasteiger partial charge in [-0.2, -0.15) is 0 Å². The number of aryl methyl sites for hydroxylation is 1. The van der Waals surface area contributed by atoms with Gasteiger partial charge in [-0.05, 0) is 88.0 Å². The lowest BCUT2D eigenvalue weighted by molar-refractivity contribution is -0.143. The first-order chi connectivity index (χ1) is 19.6. The lowest BCUT2D eigenvalue weighted by atomic mass is 9.73. The maximum atomic E-state index is 16.1. The highest BCUT2D eigenvalue weighted by Gasteiger charge is 2.41. The minimum Gasteiger partial charge on any atom is -0.497 e. The molecule has 2 aromatic carbocycles. The van der Waals surface area contributed by atoms with Crippen molar-refractivity contribution in [2.45, 2.75) is 44.7 Å². The molecule has 2 heterocycles. The Kier molecular flexibility index (Phi) is 9.70. The highest BCUT2D eigenvalue weighted by molar-refractivity contribution is 5.88. The van der Waals surface area contributed by atoms with Gasteiger partial charge in [0.1, 0.15) is 17.7 Å². The molecular formula is C30H36F4N4O3. The fourth-order valence-corrected chi connectivity index (χ4v) is 5.74. The third-order valence-electron chi connectivity index (χ3n) is 8.15. The number of nitrogens with zero attached hydrogens (tertiary/aromatic N) is 3. The Balaban J connectivity index is 1.44. The van der Waals surface area contributed by atoms with Crippen LogP contribution in [-0.4, -0.2) is 61.8 Å². The normalized spacial score (nSPS) is 16.0. The van der Waals surface area contributed by atoms with E-state index >= 15 is 4.39 Å². The lowest BCUT2D eigenvalue weighted by Crippen LogP contribution is -2.48. The van der Waals surface area contributed by atoms with Crippen LogP contribution in [-0.2, 0) is 11.2 Å². The number of rotatable bonds is 11. The van der Waals surface area contributed by atoms with Crippen molar-refractivity contribution in [1.82, 2.24) is 15.4 Å². The quantitative estimate of drug-likeness (QED) is 0.131. The average molecular weight is 577 g/mol. The number of benzene rings is 2. The first kappa shape index (κ1) is 30.5. The molecule has 11 heteroatoms. The van der Waals surface area contributed by atoms with Gasteiger partial charge in [-0.3, -0.25) is 15.0 Å². The van der Waals surface area contributed by atoms with Crippen molar-refractivity contribution in [2.24, 2.45) is 5.41 Å². The number of methoxy groups -OCH3 is 1. The van der Waals surface area contributed by atoms with Crippen molar-refractivity contribution >= 4 is 22.5 Å². The van der Waals surface area contributed by atoms with Crippen LogP contribution in [0.25, 0.3) is 10.9 Å². The fourth-order valence-electron chi connectivity index (χ4n) is 5.74. The number of fused-ring (bicyclic) bond motifs is 1. The second-order valence-corrected chi connectivity index (χ2v) is 10.9. The van der Waals surface area contributed by atoms with Crippen LogP contribution >= 0.6 is 0 Å². The molecule has 0 unspecified atom stereocenters. The number of alkyl halides is 1. The number of hydroxylamine groups is 1. The van der Waals surface area contributed by atoms with Gasteiger partial charge < -0.3 is 14.5 Å². The number of amides is 1. The van der Waals surface area contributed by atoms with Gasteiger partial charge >= 0.3 is 0 Å². The number of aromatic nitrogens is 1. The third kappa shape index (κ3) is 6.73. The SMILES string of the molecule is COc1ccc2ncc(N(C)C)c([C@H](F)CCC3(C(=O)NO)CCN(CCCc4cc(F)cc(F)c4F)CC3)c2c1. The Morgan fingerprint density at radius 2 is 1.93 bits per heavy atom. The Labute approximate surface area is 237 Å². The molecule has 1 amide bonds. The molecule has 0 aliphatic carbocycles. The topological polar surface area (TPSA) is 77.9 Å². The van der Waals surface area contributed by atoms with E-state index in [9.17, 15) is 23.2 Å².